The Morgan fingerprint density at radius 2 is 0.917 bits per heavy atom. The Labute approximate surface area is 161 Å². The first-order chi connectivity index (χ1) is 11.7. The van der Waals surface area contributed by atoms with E-state index in [1.165, 1.54) is 25.7 Å². The van der Waals surface area contributed by atoms with Crippen molar-refractivity contribution in [3.8, 4) is 0 Å². The minimum Gasteiger partial charge on any atom is -0.379 e. The van der Waals surface area contributed by atoms with Gasteiger partial charge in [0, 0.05) is 24.0 Å². The molecule has 0 radical (unpaired) electrons. The monoisotopic (exact) mass is 382 g/mol. The Morgan fingerprint density at radius 1 is 0.542 bits per heavy atom. The Morgan fingerprint density at radius 3 is 1.29 bits per heavy atom. The van der Waals surface area contributed by atoms with Crippen LogP contribution < -0.4 is 0 Å². The molecule has 2 unspecified atom stereocenters. The second-order valence-corrected chi connectivity index (χ2v) is 7.93. The van der Waals surface area contributed by atoms with E-state index in [2.05, 4.69) is 13.8 Å². The Hall–Kier alpha value is 0.500. The third-order valence-electron chi connectivity index (χ3n) is 4.23. The number of rotatable bonds is 19. The normalized spacial score (nSPS) is 14.0. The number of unbranched alkanes of at least 4 members (excludes halogenated alkanes) is 4. The number of alkyl halides is 2. The van der Waals surface area contributed by atoms with Gasteiger partial charge in [-0.05, 0) is 51.4 Å². The van der Waals surface area contributed by atoms with Gasteiger partial charge in [0.1, 0.15) is 0 Å². The fourth-order valence-electron chi connectivity index (χ4n) is 2.60. The maximum absolute atomic E-state index is 6.26. The van der Waals surface area contributed by atoms with Gasteiger partial charge in [0.05, 0.1) is 13.2 Å². The van der Waals surface area contributed by atoms with E-state index in [0.29, 0.717) is 24.0 Å². The topological polar surface area (TPSA) is 18.5 Å². The molecule has 0 amide bonds. The summed E-state index contributed by atoms with van der Waals surface area (Å²) in [5, 5.41) is 0.700. The van der Waals surface area contributed by atoms with E-state index in [0.717, 1.165) is 64.6 Å². The molecule has 0 spiro atoms. The van der Waals surface area contributed by atoms with Gasteiger partial charge in [-0.1, -0.05) is 39.5 Å². The van der Waals surface area contributed by atoms with Crippen LogP contribution in [0.5, 0.6) is 0 Å². The molecule has 0 aliphatic carbocycles. The Bertz CT molecular complexity index is 216. The molecule has 0 heterocycles. The molecule has 0 aliphatic heterocycles. The summed E-state index contributed by atoms with van der Waals surface area (Å²) in [6.45, 7) is 7.48. The molecule has 0 N–H and O–H groups in total. The van der Waals surface area contributed by atoms with Crippen molar-refractivity contribution in [1.29, 1.82) is 0 Å². The zero-order valence-electron chi connectivity index (χ0n) is 16.0. The summed E-state index contributed by atoms with van der Waals surface area (Å²) in [6, 6.07) is 0. The second-order valence-electron chi connectivity index (χ2n) is 6.70. The summed E-state index contributed by atoms with van der Waals surface area (Å²) in [6.07, 6.45) is 14.0. The zero-order valence-corrected chi connectivity index (χ0v) is 17.6. The van der Waals surface area contributed by atoms with Crippen LogP contribution in [0.25, 0.3) is 0 Å². The molecule has 24 heavy (non-hydrogen) atoms. The summed E-state index contributed by atoms with van der Waals surface area (Å²) < 4.78 is 11.2. The van der Waals surface area contributed by atoms with Crippen molar-refractivity contribution in [2.24, 2.45) is 0 Å². The molecular weight excluding hydrogens is 343 g/mol. The average molecular weight is 383 g/mol. The first kappa shape index (κ1) is 24.5. The van der Waals surface area contributed by atoms with Crippen LogP contribution in [-0.2, 0) is 9.47 Å². The fraction of sp³-hybridized carbons (Fsp3) is 1.00. The predicted molar refractivity (Wildman–Crippen MR) is 108 cm³/mol. The lowest BCUT2D eigenvalue weighted by molar-refractivity contribution is 0.0449. The minimum atomic E-state index is 0.350. The standard InChI is InChI=1S/C20H40Cl2O2/c1-3-5-11-19(21)13-7-9-15-23-17-18-24-16-10-8-14-20(22)12-6-4-2/h19-20H,3-18H2,1-2H3. The first-order valence-corrected chi connectivity index (χ1v) is 11.0. The van der Waals surface area contributed by atoms with E-state index in [1.807, 2.05) is 0 Å². The summed E-state index contributed by atoms with van der Waals surface area (Å²) in [4.78, 5) is 0. The number of hydrogen-bond donors (Lipinski definition) is 0. The molecule has 0 saturated carbocycles. The maximum atomic E-state index is 6.26. The molecule has 0 aliphatic rings. The zero-order chi connectivity index (χ0) is 17.9. The molecule has 0 aromatic carbocycles. The lowest BCUT2D eigenvalue weighted by Gasteiger charge is -2.09. The predicted octanol–water partition coefficient (Wildman–Crippen LogP) is 6.96. The van der Waals surface area contributed by atoms with E-state index in [4.69, 9.17) is 32.7 Å². The van der Waals surface area contributed by atoms with Crippen molar-refractivity contribution >= 4 is 23.2 Å². The SMILES string of the molecule is CCCCC(Cl)CCCCOCCOCCCCC(Cl)CCCC. The van der Waals surface area contributed by atoms with Crippen LogP contribution >= 0.6 is 23.2 Å². The van der Waals surface area contributed by atoms with Crippen molar-refractivity contribution in [3.63, 3.8) is 0 Å². The number of ether oxygens (including phenoxy) is 2. The largest absolute Gasteiger partial charge is 0.379 e. The molecule has 0 bridgehead atoms. The van der Waals surface area contributed by atoms with Crippen LogP contribution in [-0.4, -0.2) is 37.2 Å². The van der Waals surface area contributed by atoms with E-state index < -0.39 is 0 Å². The smallest absolute Gasteiger partial charge is 0.0700 e. The molecule has 0 saturated heterocycles. The minimum absolute atomic E-state index is 0.350. The summed E-state index contributed by atoms with van der Waals surface area (Å²) >= 11 is 12.5. The molecule has 0 fully saturated rings. The van der Waals surface area contributed by atoms with Crippen molar-refractivity contribution in [2.75, 3.05) is 26.4 Å². The lowest BCUT2D eigenvalue weighted by atomic mass is 10.1. The number of hydrogen-bond acceptors (Lipinski definition) is 2. The highest BCUT2D eigenvalue weighted by molar-refractivity contribution is 6.20. The van der Waals surface area contributed by atoms with Crippen LogP contribution in [0, 0.1) is 0 Å². The third kappa shape index (κ3) is 18.8. The van der Waals surface area contributed by atoms with Crippen LogP contribution in [0.4, 0.5) is 0 Å². The van der Waals surface area contributed by atoms with Gasteiger partial charge < -0.3 is 9.47 Å². The fourth-order valence-corrected chi connectivity index (χ4v) is 3.22. The Kier molecular flexibility index (Phi) is 20.2. The van der Waals surface area contributed by atoms with Crippen LogP contribution in [0.3, 0.4) is 0 Å². The van der Waals surface area contributed by atoms with Crippen molar-refractivity contribution in [2.45, 2.75) is 102 Å². The van der Waals surface area contributed by atoms with Gasteiger partial charge in [0.15, 0.2) is 0 Å². The van der Waals surface area contributed by atoms with E-state index >= 15 is 0 Å². The van der Waals surface area contributed by atoms with Crippen LogP contribution in [0.15, 0.2) is 0 Å². The average Bonchev–Trinajstić information content (AvgIpc) is 2.58. The highest BCUT2D eigenvalue weighted by Crippen LogP contribution is 2.15. The highest BCUT2D eigenvalue weighted by Gasteiger charge is 2.04. The van der Waals surface area contributed by atoms with Gasteiger partial charge in [0.25, 0.3) is 0 Å². The molecule has 146 valence electrons. The quantitative estimate of drug-likeness (QED) is 0.177. The van der Waals surface area contributed by atoms with Gasteiger partial charge in [0.2, 0.25) is 0 Å². The Balaban J connectivity index is 3.12. The number of halogens is 2. The molecule has 2 nitrogen and oxygen atoms in total. The molecule has 0 aromatic heterocycles. The van der Waals surface area contributed by atoms with E-state index in [1.54, 1.807) is 0 Å². The molecule has 0 rings (SSSR count). The molecule has 4 heteroatoms. The molecule has 0 aromatic rings. The van der Waals surface area contributed by atoms with Gasteiger partial charge >= 0.3 is 0 Å². The maximum Gasteiger partial charge on any atom is 0.0700 e. The van der Waals surface area contributed by atoms with E-state index in [9.17, 15) is 0 Å². The van der Waals surface area contributed by atoms with Crippen molar-refractivity contribution in [3.05, 3.63) is 0 Å². The van der Waals surface area contributed by atoms with Crippen LogP contribution in [0.1, 0.15) is 90.9 Å². The molecule has 2 atom stereocenters. The first-order valence-electron chi connectivity index (χ1n) is 10.1. The summed E-state index contributed by atoms with van der Waals surface area (Å²) in [5.41, 5.74) is 0. The van der Waals surface area contributed by atoms with Gasteiger partial charge in [-0.15, -0.1) is 23.2 Å². The second kappa shape index (κ2) is 19.8. The van der Waals surface area contributed by atoms with Crippen molar-refractivity contribution in [1.82, 2.24) is 0 Å². The van der Waals surface area contributed by atoms with Crippen LogP contribution in [0.2, 0.25) is 0 Å². The lowest BCUT2D eigenvalue weighted by Crippen LogP contribution is -2.07. The third-order valence-corrected chi connectivity index (χ3v) is 5.10. The van der Waals surface area contributed by atoms with Gasteiger partial charge in [-0.25, -0.2) is 0 Å². The van der Waals surface area contributed by atoms with Crippen molar-refractivity contribution < 1.29 is 9.47 Å². The highest BCUT2D eigenvalue weighted by atomic mass is 35.5. The summed E-state index contributed by atoms with van der Waals surface area (Å²) in [7, 11) is 0. The summed E-state index contributed by atoms with van der Waals surface area (Å²) in [5.74, 6) is 0. The van der Waals surface area contributed by atoms with Gasteiger partial charge in [-0.2, -0.15) is 0 Å². The van der Waals surface area contributed by atoms with Gasteiger partial charge in [-0.3, -0.25) is 0 Å². The van der Waals surface area contributed by atoms with E-state index in [-0.39, 0.29) is 0 Å². The molecular formula is C20H40Cl2O2.